The molecule has 4 nitrogen and oxygen atoms in total. The Kier molecular flexibility index (Phi) is 3.22. The summed E-state index contributed by atoms with van der Waals surface area (Å²) in [5.41, 5.74) is 8.42. The van der Waals surface area contributed by atoms with Crippen LogP contribution in [-0.2, 0) is 9.84 Å². The second-order valence-corrected chi connectivity index (χ2v) is 6.76. The number of para-hydroxylation sites is 1. The molecule has 0 fully saturated rings. The van der Waals surface area contributed by atoms with Crippen LogP contribution in [0.5, 0.6) is 5.75 Å². The minimum atomic E-state index is -3.41. The standard InChI is InChI=1S/C16H15NO3S/c1-11-4-2-3-5-15(11)20-9-12-10-21(18,19)16-8-13(17)6-7-14(12)16/h2-8,10H,9,17H2,1H3. The second-order valence-electron chi connectivity index (χ2n) is 5.00. The van der Waals surface area contributed by atoms with Gasteiger partial charge in [-0.05, 0) is 30.7 Å². The molecular formula is C16H15NO3S. The SMILES string of the molecule is Cc1ccccc1OCC1=CS(=O)(=O)c2cc(N)ccc21. The number of hydrogen-bond donors (Lipinski definition) is 1. The third-order valence-electron chi connectivity index (χ3n) is 3.43. The van der Waals surface area contributed by atoms with Gasteiger partial charge in [0.2, 0.25) is 9.84 Å². The van der Waals surface area contributed by atoms with E-state index in [0.717, 1.165) is 11.3 Å². The van der Waals surface area contributed by atoms with Crippen LogP contribution in [0.15, 0.2) is 52.8 Å². The van der Waals surface area contributed by atoms with E-state index in [0.29, 0.717) is 16.8 Å². The zero-order valence-electron chi connectivity index (χ0n) is 11.5. The van der Waals surface area contributed by atoms with Gasteiger partial charge in [0.1, 0.15) is 12.4 Å². The third kappa shape index (κ3) is 2.52. The van der Waals surface area contributed by atoms with Gasteiger partial charge in [0, 0.05) is 22.2 Å². The normalized spacial score (nSPS) is 15.4. The van der Waals surface area contributed by atoms with Crippen LogP contribution in [-0.4, -0.2) is 15.0 Å². The molecule has 1 aliphatic heterocycles. The molecule has 21 heavy (non-hydrogen) atoms. The molecule has 0 bridgehead atoms. The van der Waals surface area contributed by atoms with E-state index in [1.165, 1.54) is 11.5 Å². The first-order chi connectivity index (χ1) is 9.97. The van der Waals surface area contributed by atoms with Gasteiger partial charge in [-0.2, -0.15) is 0 Å². The average Bonchev–Trinajstić information content (AvgIpc) is 2.69. The molecule has 0 spiro atoms. The number of rotatable bonds is 3. The fourth-order valence-electron chi connectivity index (χ4n) is 2.34. The van der Waals surface area contributed by atoms with E-state index in [1.807, 2.05) is 31.2 Å². The van der Waals surface area contributed by atoms with E-state index < -0.39 is 9.84 Å². The number of nitrogens with two attached hydrogens (primary N) is 1. The third-order valence-corrected chi connectivity index (χ3v) is 4.98. The Morgan fingerprint density at radius 2 is 1.90 bits per heavy atom. The summed E-state index contributed by atoms with van der Waals surface area (Å²) in [5.74, 6) is 0.750. The number of ether oxygens (including phenoxy) is 1. The van der Waals surface area contributed by atoms with Gasteiger partial charge in [-0.25, -0.2) is 8.42 Å². The lowest BCUT2D eigenvalue weighted by molar-refractivity contribution is 0.367. The Bertz CT molecular complexity index is 838. The van der Waals surface area contributed by atoms with Gasteiger partial charge in [-0.3, -0.25) is 0 Å². The van der Waals surface area contributed by atoms with Crippen LogP contribution >= 0.6 is 0 Å². The lowest BCUT2D eigenvalue weighted by atomic mass is 10.1. The predicted molar refractivity (Wildman–Crippen MR) is 82.7 cm³/mol. The van der Waals surface area contributed by atoms with Crippen molar-refractivity contribution < 1.29 is 13.2 Å². The number of aryl methyl sites for hydroxylation is 1. The number of anilines is 1. The molecule has 108 valence electrons. The smallest absolute Gasteiger partial charge is 0.200 e. The molecule has 0 aromatic heterocycles. The molecule has 1 heterocycles. The van der Waals surface area contributed by atoms with Crippen LogP contribution in [0, 0.1) is 6.92 Å². The summed E-state index contributed by atoms with van der Waals surface area (Å²) in [6, 6.07) is 12.5. The maximum Gasteiger partial charge on any atom is 0.200 e. The van der Waals surface area contributed by atoms with Gasteiger partial charge in [-0.1, -0.05) is 24.3 Å². The molecule has 0 unspecified atom stereocenters. The Hall–Kier alpha value is -2.27. The summed E-state index contributed by atoms with van der Waals surface area (Å²) in [7, 11) is -3.41. The van der Waals surface area contributed by atoms with Crippen LogP contribution in [0.2, 0.25) is 0 Å². The van der Waals surface area contributed by atoms with Crippen molar-refractivity contribution >= 4 is 21.1 Å². The molecule has 0 atom stereocenters. The molecule has 2 aromatic carbocycles. The molecule has 0 amide bonds. The van der Waals surface area contributed by atoms with Gasteiger partial charge < -0.3 is 10.5 Å². The maximum atomic E-state index is 12.1. The van der Waals surface area contributed by atoms with Crippen molar-refractivity contribution in [1.29, 1.82) is 0 Å². The molecule has 0 radical (unpaired) electrons. The van der Waals surface area contributed by atoms with E-state index in [9.17, 15) is 8.42 Å². The lowest BCUT2D eigenvalue weighted by Crippen LogP contribution is -2.01. The highest BCUT2D eigenvalue weighted by molar-refractivity contribution is 7.95. The molecular weight excluding hydrogens is 286 g/mol. The molecule has 2 N–H and O–H groups in total. The van der Waals surface area contributed by atoms with Crippen molar-refractivity contribution in [3.63, 3.8) is 0 Å². The average molecular weight is 301 g/mol. The van der Waals surface area contributed by atoms with E-state index in [4.69, 9.17) is 10.5 Å². The molecule has 2 aromatic rings. The summed E-state index contributed by atoms with van der Waals surface area (Å²) < 4.78 is 29.9. The van der Waals surface area contributed by atoms with Gasteiger partial charge in [0.05, 0.1) is 4.90 Å². The second kappa shape index (κ2) is 4.93. The van der Waals surface area contributed by atoms with Crippen molar-refractivity contribution in [1.82, 2.24) is 0 Å². The van der Waals surface area contributed by atoms with Crippen LogP contribution in [0.1, 0.15) is 11.1 Å². The highest BCUT2D eigenvalue weighted by Gasteiger charge is 2.27. The van der Waals surface area contributed by atoms with Gasteiger partial charge in [0.15, 0.2) is 0 Å². The van der Waals surface area contributed by atoms with E-state index in [-0.39, 0.29) is 11.5 Å². The molecule has 0 aliphatic carbocycles. The Labute approximate surface area is 123 Å². The highest BCUT2D eigenvalue weighted by Crippen LogP contribution is 2.35. The van der Waals surface area contributed by atoms with E-state index in [2.05, 4.69) is 0 Å². The van der Waals surface area contributed by atoms with Crippen LogP contribution in [0.4, 0.5) is 5.69 Å². The number of fused-ring (bicyclic) bond motifs is 1. The van der Waals surface area contributed by atoms with Crippen molar-refractivity contribution in [3.05, 3.63) is 59.0 Å². The quantitative estimate of drug-likeness (QED) is 0.885. The zero-order valence-corrected chi connectivity index (χ0v) is 12.4. The number of nitrogen functional groups attached to an aromatic ring is 1. The largest absolute Gasteiger partial charge is 0.489 e. The Balaban J connectivity index is 1.90. The van der Waals surface area contributed by atoms with Crippen LogP contribution < -0.4 is 10.5 Å². The van der Waals surface area contributed by atoms with E-state index >= 15 is 0 Å². The Morgan fingerprint density at radius 1 is 1.14 bits per heavy atom. The minimum Gasteiger partial charge on any atom is -0.489 e. The van der Waals surface area contributed by atoms with Crippen molar-refractivity contribution in [3.8, 4) is 5.75 Å². The first-order valence-electron chi connectivity index (χ1n) is 6.51. The first-order valence-corrected chi connectivity index (χ1v) is 8.06. The number of benzene rings is 2. The van der Waals surface area contributed by atoms with Gasteiger partial charge in [-0.15, -0.1) is 0 Å². The minimum absolute atomic E-state index is 0.209. The molecule has 0 saturated heterocycles. The number of sulfone groups is 1. The van der Waals surface area contributed by atoms with Gasteiger partial charge >= 0.3 is 0 Å². The van der Waals surface area contributed by atoms with Crippen molar-refractivity contribution in [2.24, 2.45) is 0 Å². The monoisotopic (exact) mass is 301 g/mol. The summed E-state index contributed by atoms with van der Waals surface area (Å²) >= 11 is 0. The molecule has 5 heteroatoms. The lowest BCUT2D eigenvalue weighted by Gasteiger charge is -2.10. The van der Waals surface area contributed by atoms with Crippen molar-refractivity contribution in [2.75, 3.05) is 12.3 Å². The predicted octanol–water partition coefficient (Wildman–Crippen LogP) is 2.78. The summed E-state index contributed by atoms with van der Waals surface area (Å²) in [6.45, 7) is 2.16. The van der Waals surface area contributed by atoms with Crippen LogP contribution in [0.25, 0.3) is 5.57 Å². The molecule has 3 rings (SSSR count). The molecule has 1 aliphatic rings. The fraction of sp³-hybridized carbons (Fsp3) is 0.125. The summed E-state index contributed by atoms with van der Waals surface area (Å²) in [5, 5.41) is 1.26. The maximum absolute atomic E-state index is 12.1. The molecule has 0 saturated carbocycles. The number of hydrogen-bond acceptors (Lipinski definition) is 4. The summed E-state index contributed by atoms with van der Waals surface area (Å²) in [6.07, 6.45) is 0. The highest BCUT2D eigenvalue weighted by atomic mass is 32.2. The van der Waals surface area contributed by atoms with Crippen molar-refractivity contribution in [2.45, 2.75) is 11.8 Å². The Morgan fingerprint density at radius 3 is 2.67 bits per heavy atom. The topological polar surface area (TPSA) is 69.4 Å². The van der Waals surface area contributed by atoms with Crippen LogP contribution in [0.3, 0.4) is 0 Å². The zero-order chi connectivity index (χ0) is 15.0. The van der Waals surface area contributed by atoms with E-state index in [1.54, 1.807) is 12.1 Å². The summed E-state index contributed by atoms with van der Waals surface area (Å²) in [4.78, 5) is 0.255. The fourth-order valence-corrected chi connectivity index (χ4v) is 3.84. The van der Waals surface area contributed by atoms with Gasteiger partial charge in [0.25, 0.3) is 0 Å². The first kappa shape index (κ1) is 13.7.